The molecule has 0 aliphatic heterocycles. The Hall–Kier alpha value is -1.64. The molecule has 1 saturated carbocycles. The van der Waals surface area contributed by atoms with Gasteiger partial charge in [-0.05, 0) is 30.9 Å². The zero-order valence-corrected chi connectivity index (χ0v) is 13.6. The topological polar surface area (TPSA) is 54.4 Å². The highest BCUT2D eigenvalue weighted by atomic mass is 16.3. The van der Waals surface area contributed by atoms with Gasteiger partial charge in [-0.2, -0.15) is 0 Å². The molecular weight excluding hydrogens is 276 g/mol. The molecule has 3 nitrogen and oxygen atoms in total. The molecule has 0 amide bonds. The number of rotatable bonds is 6. The van der Waals surface area contributed by atoms with Gasteiger partial charge in [0.05, 0.1) is 0 Å². The average molecular weight is 302 g/mol. The first-order chi connectivity index (χ1) is 10.4. The van der Waals surface area contributed by atoms with Crippen molar-refractivity contribution in [1.29, 1.82) is 0 Å². The van der Waals surface area contributed by atoms with E-state index >= 15 is 0 Å². The number of Topliss-reactive ketones (excluding diaryl/α,β-unsaturated/α-hetero) is 2. The third kappa shape index (κ3) is 3.96. The summed E-state index contributed by atoms with van der Waals surface area (Å²) in [5, 5.41) is 9.42. The summed E-state index contributed by atoms with van der Waals surface area (Å²) in [5.41, 5.74) is 0.141. The van der Waals surface area contributed by atoms with Crippen LogP contribution >= 0.6 is 0 Å². The van der Waals surface area contributed by atoms with E-state index in [1.54, 1.807) is 12.1 Å². The minimum atomic E-state index is -0.334. The number of carbonyl (C=O) groups excluding carboxylic acids is 2. The van der Waals surface area contributed by atoms with Gasteiger partial charge in [-0.25, -0.2) is 0 Å². The lowest BCUT2D eigenvalue weighted by Crippen LogP contribution is -2.34. The highest BCUT2D eigenvalue weighted by molar-refractivity contribution is 5.99. The molecular formula is C19H26O3. The molecule has 0 radical (unpaired) electrons. The predicted octanol–water partition coefficient (Wildman–Crippen LogP) is 4.53. The number of phenols is 1. The van der Waals surface area contributed by atoms with E-state index in [9.17, 15) is 14.7 Å². The fourth-order valence-electron chi connectivity index (χ4n) is 3.42. The molecule has 0 bridgehead atoms. The number of phenolic OH excluding ortho intramolecular Hbond substituents is 1. The first-order valence-corrected chi connectivity index (χ1v) is 8.27. The van der Waals surface area contributed by atoms with Crippen LogP contribution < -0.4 is 0 Å². The Labute approximate surface area is 132 Å². The molecule has 1 aromatic carbocycles. The Morgan fingerprint density at radius 2 is 1.82 bits per heavy atom. The van der Waals surface area contributed by atoms with E-state index in [4.69, 9.17) is 0 Å². The van der Waals surface area contributed by atoms with Gasteiger partial charge in [-0.1, -0.05) is 45.2 Å². The zero-order valence-electron chi connectivity index (χ0n) is 13.6. The first kappa shape index (κ1) is 16.7. The van der Waals surface area contributed by atoms with Crippen LogP contribution in [0.3, 0.4) is 0 Å². The van der Waals surface area contributed by atoms with Crippen LogP contribution in [0.1, 0.15) is 69.2 Å². The highest BCUT2D eigenvalue weighted by Crippen LogP contribution is 2.39. The molecule has 0 heterocycles. The molecule has 1 N–H and O–H groups in total. The fourth-order valence-corrected chi connectivity index (χ4v) is 3.42. The molecule has 2 rings (SSSR count). The van der Waals surface area contributed by atoms with Crippen LogP contribution in [0.5, 0.6) is 5.75 Å². The summed E-state index contributed by atoms with van der Waals surface area (Å²) in [4.78, 5) is 24.7. The summed E-state index contributed by atoms with van der Waals surface area (Å²) < 4.78 is 0. The van der Waals surface area contributed by atoms with Gasteiger partial charge in [0.2, 0.25) is 0 Å². The van der Waals surface area contributed by atoms with Gasteiger partial charge in [0.25, 0.3) is 0 Å². The molecule has 120 valence electrons. The van der Waals surface area contributed by atoms with Crippen LogP contribution in [0.15, 0.2) is 24.3 Å². The number of ketones is 2. The lowest BCUT2D eigenvalue weighted by Gasteiger charge is -2.35. The van der Waals surface area contributed by atoms with Gasteiger partial charge in [0.15, 0.2) is 5.78 Å². The van der Waals surface area contributed by atoms with Crippen molar-refractivity contribution in [2.75, 3.05) is 0 Å². The molecule has 1 aromatic rings. The lowest BCUT2D eigenvalue weighted by atomic mass is 9.68. The molecule has 1 aliphatic rings. The minimum absolute atomic E-state index is 0.0799. The van der Waals surface area contributed by atoms with Gasteiger partial charge in [0, 0.05) is 23.8 Å². The van der Waals surface area contributed by atoms with Crippen molar-refractivity contribution >= 4 is 11.6 Å². The van der Waals surface area contributed by atoms with Gasteiger partial charge in [0.1, 0.15) is 11.5 Å². The zero-order chi connectivity index (χ0) is 16.2. The number of aromatic hydroxyl groups is 1. The summed E-state index contributed by atoms with van der Waals surface area (Å²) in [6.07, 6.45) is 6.46. The van der Waals surface area contributed by atoms with E-state index < -0.39 is 0 Å². The molecule has 0 aromatic heterocycles. The van der Waals surface area contributed by atoms with Crippen molar-refractivity contribution in [2.45, 2.75) is 58.8 Å². The van der Waals surface area contributed by atoms with Gasteiger partial charge in [-0.15, -0.1) is 0 Å². The van der Waals surface area contributed by atoms with Crippen LogP contribution in [0.4, 0.5) is 0 Å². The molecule has 22 heavy (non-hydrogen) atoms. The van der Waals surface area contributed by atoms with Crippen molar-refractivity contribution in [3.8, 4) is 5.75 Å². The molecule has 0 unspecified atom stereocenters. The van der Waals surface area contributed by atoms with E-state index in [0.29, 0.717) is 11.5 Å². The largest absolute Gasteiger partial charge is 0.508 e. The Morgan fingerprint density at radius 3 is 2.45 bits per heavy atom. The molecule has 1 fully saturated rings. The smallest absolute Gasteiger partial charge is 0.163 e. The van der Waals surface area contributed by atoms with Gasteiger partial charge >= 0.3 is 0 Å². The monoisotopic (exact) mass is 302 g/mol. The minimum Gasteiger partial charge on any atom is -0.508 e. The number of hydrogen-bond donors (Lipinski definition) is 1. The summed E-state index contributed by atoms with van der Waals surface area (Å²) in [5.74, 6) is 0.640. The maximum Gasteiger partial charge on any atom is 0.163 e. The van der Waals surface area contributed by atoms with Crippen LogP contribution in [0.25, 0.3) is 0 Å². The van der Waals surface area contributed by atoms with Crippen LogP contribution in [-0.2, 0) is 4.79 Å². The quantitative estimate of drug-likeness (QED) is 0.785. The lowest BCUT2D eigenvalue weighted by molar-refractivity contribution is -0.130. The van der Waals surface area contributed by atoms with Crippen molar-refractivity contribution in [1.82, 2.24) is 0 Å². The Balaban J connectivity index is 1.92. The van der Waals surface area contributed by atoms with Crippen molar-refractivity contribution in [2.24, 2.45) is 11.3 Å². The second-order valence-electron chi connectivity index (χ2n) is 6.95. The fraction of sp³-hybridized carbons (Fsp3) is 0.579. The number of benzene rings is 1. The van der Waals surface area contributed by atoms with Crippen LogP contribution in [-0.4, -0.2) is 16.7 Å². The second kappa shape index (κ2) is 7.08. The summed E-state index contributed by atoms with van der Waals surface area (Å²) in [6, 6.07) is 6.32. The summed E-state index contributed by atoms with van der Waals surface area (Å²) >= 11 is 0. The molecule has 1 aliphatic carbocycles. The van der Waals surface area contributed by atoms with Crippen molar-refractivity contribution in [3.05, 3.63) is 29.8 Å². The highest BCUT2D eigenvalue weighted by Gasteiger charge is 2.36. The maximum atomic E-state index is 12.6. The SMILES string of the molecule is CC(C)(C(=O)CCC(=O)c1cccc(O)c1)C1CCCCC1. The normalized spacial score (nSPS) is 16.5. The summed E-state index contributed by atoms with van der Waals surface area (Å²) in [7, 11) is 0. The van der Waals surface area contributed by atoms with Crippen LogP contribution in [0, 0.1) is 11.3 Å². The summed E-state index contributed by atoms with van der Waals surface area (Å²) in [6.45, 7) is 4.06. The van der Waals surface area contributed by atoms with E-state index in [1.807, 2.05) is 13.8 Å². The second-order valence-corrected chi connectivity index (χ2v) is 6.95. The molecule has 0 atom stereocenters. The molecule has 3 heteroatoms. The predicted molar refractivity (Wildman–Crippen MR) is 87.0 cm³/mol. The Kier molecular flexibility index (Phi) is 5.38. The third-order valence-electron chi connectivity index (χ3n) is 5.09. The van der Waals surface area contributed by atoms with Gasteiger partial charge < -0.3 is 5.11 Å². The maximum absolute atomic E-state index is 12.6. The van der Waals surface area contributed by atoms with Gasteiger partial charge in [-0.3, -0.25) is 9.59 Å². The number of hydrogen-bond acceptors (Lipinski definition) is 3. The first-order valence-electron chi connectivity index (χ1n) is 8.27. The van der Waals surface area contributed by atoms with E-state index in [-0.39, 0.29) is 35.6 Å². The van der Waals surface area contributed by atoms with Crippen molar-refractivity contribution < 1.29 is 14.7 Å². The van der Waals surface area contributed by atoms with E-state index in [0.717, 1.165) is 12.8 Å². The Bertz CT molecular complexity index is 539. The van der Waals surface area contributed by atoms with E-state index in [2.05, 4.69) is 0 Å². The van der Waals surface area contributed by atoms with Crippen LogP contribution in [0.2, 0.25) is 0 Å². The number of carbonyl (C=O) groups is 2. The van der Waals surface area contributed by atoms with Crippen molar-refractivity contribution in [3.63, 3.8) is 0 Å². The standard InChI is InChI=1S/C19H26O3/c1-19(2,15-8-4-3-5-9-15)18(22)12-11-17(21)14-7-6-10-16(20)13-14/h6-7,10,13,15,20H,3-5,8-9,11-12H2,1-2H3. The molecule has 0 spiro atoms. The van der Waals surface area contributed by atoms with E-state index in [1.165, 1.54) is 31.4 Å². The molecule has 0 saturated heterocycles. The Morgan fingerprint density at radius 1 is 1.14 bits per heavy atom. The average Bonchev–Trinajstić information content (AvgIpc) is 2.53. The third-order valence-corrected chi connectivity index (χ3v) is 5.09.